The Bertz CT molecular complexity index is 297. The zero-order valence-electron chi connectivity index (χ0n) is 7.90. The molecular weight excluding hydrogens is 190 g/mol. The van der Waals surface area contributed by atoms with E-state index in [0.29, 0.717) is 0 Å². The van der Waals surface area contributed by atoms with Gasteiger partial charge < -0.3 is 15.1 Å². The van der Waals surface area contributed by atoms with Gasteiger partial charge in [0.2, 0.25) is 0 Å². The van der Waals surface area contributed by atoms with Crippen LogP contribution in [-0.4, -0.2) is 36.3 Å². The largest absolute Gasteiger partial charge is 0.504 e. The summed E-state index contributed by atoms with van der Waals surface area (Å²) < 4.78 is 0. The number of hydrogen-bond donors (Lipinski definition) is 2. The maximum atomic E-state index is 8.82. The molecule has 0 aromatic rings. The van der Waals surface area contributed by atoms with Gasteiger partial charge in [-0.2, -0.15) is 0 Å². The Kier molecular flexibility index (Phi) is 4.04. The highest BCUT2D eigenvalue weighted by molar-refractivity contribution is 5.90. The highest BCUT2D eigenvalue weighted by Gasteiger charge is 2.21. The fourth-order valence-corrected chi connectivity index (χ4v) is 0.798. The number of halogens is 1. The molecule has 0 heterocycles. The summed E-state index contributed by atoms with van der Waals surface area (Å²) in [7, 11) is 6.00. The Hall–Kier alpha value is -0.930. The molecule has 0 bridgehead atoms. The van der Waals surface area contributed by atoms with Crippen molar-refractivity contribution in [1.29, 1.82) is 0 Å². The lowest BCUT2D eigenvalue weighted by Gasteiger charge is -1.90. The van der Waals surface area contributed by atoms with Crippen molar-refractivity contribution in [2.45, 2.75) is 0 Å². The molecule has 0 saturated carbocycles. The van der Waals surface area contributed by atoms with Crippen molar-refractivity contribution in [3.8, 4) is 22.6 Å². The van der Waals surface area contributed by atoms with Gasteiger partial charge in [0.1, 0.15) is 0 Å². The molecule has 0 aliphatic heterocycles. The smallest absolute Gasteiger partial charge is 0.165 e. The van der Waals surface area contributed by atoms with Crippen LogP contribution in [0.1, 0.15) is 0 Å². The van der Waals surface area contributed by atoms with Gasteiger partial charge in [0.05, 0.1) is 0 Å². The van der Waals surface area contributed by atoms with E-state index in [1.54, 1.807) is 6.07 Å². The topological polar surface area (TPSA) is 43.7 Å². The van der Waals surface area contributed by atoms with Gasteiger partial charge in [-0.3, -0.25) is 0 Å². The number of rotatable bonds is 0. The molecule has 0 aromatic carbocycles. The van der Waals surface area contributed by atoms with E-state index in [1.165, 1.54) is 0 Å². The average molecular weight is 204 g/mol. The summed E-state index contributed by atoms with van der Waals surface area (Å²) in [5.74, 6) is 0.0255. The van der Waals surface area contributed by atoms with E-state index in [0.717, 1.165) is 11.1 Å². The molecule has 0 atom stereocenters. The fourth-order valence-electron chi connectivity index (χ4n) is 0.798. The van der Waals surface area contributed by atoms with E-state index in [4.69, 9.17) is 10.2 Å². The van der Waals surface area contributed by atoms with E-state index in [-0.39, 0.29) is 23.9 Å². The van der Waals surface area contributed by atoms with Crippen LogP contribution in [-0.2, 0) is 0 Å². The van der Waals surface area contributed by atoms with Crippen molar-refractivity contribution >= 4 is 12.4 Å². The summed E-state index contributed by atoms with van der Waals surface area (Å²) in [4.78, 5) is 2.00. The van der Waals surface area contributed by atoms with Crippen molar-refractivity contribution in [2.24, 2.45) is 0 Å². The van der Waals surface area contributed by atoms with E-state index in [9.17, 15) is 0 Å². The van der Waals surface area contributed by atoms with Crippen molar-refractivity contribution in [2.75, 3.05) is 21.1 Å². The van der Waals surface area contributed by atoms with Crippen LogP contribution in [0.15, 0.2) is 12.1 Å². The second kappa shape index (κ2) is 4.35. The van der Waals surface area contributed by atoms with Crippen LogP contribution in [0.3, 0.4) is 0 Å². The Morgan fingerprint density at radius 2 is 1.54 bits per heavy atom. The maximum Gasteiger partial charge on any atom is 0.165 e. The lowest BCUT2D eigenvalue weighted by molar-refractivity contribution is 0.409. The Morgan fingerprint density at radius 3 is 1.69 bits per heavy atom. The molecule has 0 unspecified atom stereocenters. The monoisotopic (exact) mass is 203 g/mol. The first kappa shape index (κ1) is 12.1. The first-order chi connectivity index (χ1) is 5.52. The van der Waals surface area contributed by atoms with Gasteiger partial charge in [-0.1, -0.05) is 0 Å². The van der Waals surface area contributed by atoms with Gasteiger partial charge >= 0.3 is 0 Å². The molecule has 0 fully saturated rings. The molecule has 2 aliphatic carbocycles. The second-order valence-corrected chi connectivity index (χ2v) is 3.23. The standard InChI is InChI=1S/C6H4O2.C3H9N.ClH/c7-5-2-3-1-4(3)6(5)8;1-4(2)3;/h1-2,7-8H;1-3H3;1H. The molecule has 13 heavy (non-hydrogen) atoms. The third-order valence-electron chi connectivity index (χ3n) is 1.32. The molecule has 2 N–H and O–H groups in total. The van der Waals surface area contributed by atoms with Crippen molar-refractivity contribution in [3.05, 3.63) is 12.1 Å². The van der Waals surface area contributed by atoms with Gasteiger partial charge in [-0.05, 0) is 38.8 Å². The minimum Gasteiger partial charge on any atom is -0.504 e. The quantitative estimate of drug-likeness (QED) is 0.641. The molecule has 2 aliphatic rings. The van der Waals surface area contributed by atoms with Crippen molar-refractivity contribution < 1.29 is 10.2 Å². The van der Waals surface area contributed by atoms with E-state index in [1.807, 2.05) is 32.1 Å². The van der Waals surface area contributed by atoms with Crippen molar-refractivity contribution in [3.63, 3.8) is 0 Å². The zero-order chi connectivity index (χ0) is 9.30. The maximum absolute atomic E-state index is 8.82. The molecule has 3 nitrogen and oxygen atoms in total. The van der Waals surface area contributed by atoms with Crippen molar-refractivity contribution in [1.82, 2.24) is 4.90 Å². The van der Waals surface area contributed by atoms with Gasteiger partial charge in [0.15, 0.2) is 11.5 Å². The van der Waals surface area contributed by atoms with E-state index >= 15 is 0 Å². The van der Waals surface area contributed by atoms with Crippen LogP contribution in [0.25, 0.3) is 11.1 Å². The summed E-state index contributed by atoms with van der Waals surface area (Å²) in [5, 5.41) is 17.5. The summed E-state index contributed by atoms with van der Waals surface area (Å²) in [6.45, 7) is 0. The Labute approximate surface area is 84.0 Å². The summed E-state index contributed by atoms with van der Waals surface area (Å²) >= 11 is 0. The van der Waals surface area contributed by atoms with E-state index < -0.39 is 0 Å². The van der Waals surface area contributed by atoms with Crippen LogP contribution in [0.2, 0.25) is 0 Å². The first-order valence-electron chi connectivity index (χ1n) is 3.69. The molecule has 0 spiro atoms. The highest BCUT2D eigenvalue weighted by atomic mass is 35.5. The number of fused-ring (bicyclic) bond motifs is 1. The zero-order valence-corrected chi connectivity index (χ0v) is 8.72. The number of phenolic OH excluding ortho intramolecular Hbond substituents is 2. The van der Waals surface area contributed by atoms with Gasteiger partial charge in [0.25, 0.3) is 0 Å². The number of nitrogens with zero attached hydrogens (tertiary/aromatic N) is 1. The lowest BCUT2D eigenvalue weighted by Crippen LogP contribution is -1.99. The van der Waals surface area contributed by atoms with Crippen LogP contribution >= 0.6 is 12.4 Å². The van der Waals surface area contributed by atoms with Gasteiger partial charge in [-0.15, -0.1) is 12.4 Å². The average Bonchev–Trinajstić information content (AvgIpc) is 2.59. The number of phenols is 2. The van der Waals surface area contributed by atoms with Crippen LogP contribution in [0, 0.1) is 0 Å². The Balaban J connectivity index is 0.000000256. The molecule has 0 radical (unpaired) electrons. The third-order valence-corrected chi connectivity index (χ3v) is 1.32. The third kappa shape index (κ3) is 3.13. The molecule has 0 saturated heterocycles. The highest BCUT2D eigenvalue weighted by Crippen LogP contribution is 2.49. The van der Waals surface area contributed by atoms with E-state index in [2.05, 4.69) is 0 Å². The molecule has 74 valence electrons. The normalized spacial score (nSPS) is 9.85. The molecule has 0 aromatic heterocycles. The number of hydrogen-bond acceptors (Lipinski definition) is 3. The number of benzene rings is 1. The number of aromatic hydroxyl groups is 2. The summed E-state index contributed by atoms with van der Waals surface area (Å²) in [6.07, 6.45) is 0. The second-order valence-electron chi connectivity index (χ2n) is 3.23. The van der Waals surface area contributed by atoms with Crippen LogP contribution in [0.5, 0.6) is 11.5 Å². The lowest BCUT2D eigenvalue weighted by atomic mass is 10.5. The predicted molar refractivity (Wildman–Crippen MR) is 55.6 cm³/mol. The molecular formula is C9H14ClNO2. The molecule has 4 heteroatoms. The predicted octanol–water partition coefficient (Wildman–Crippen LogP) is 1.68. The summed E-state index contributed by atoms with van der Waals surface area (Å²) in [6, 6.07) is 3.36. The Morgan fingerprint density at radius 1 is 1.08 bits per heavy atom. The fraction of sp³-hybridized carbons (Fsp3) is 0.333. The SMILES string of the molecule is CN(C)C.Cl.Oc1cc2cc-2c1O. The minimum atomic E-state index is -0.00231. The minimum absolute atomic E-state index is 0. The van der Waals surface area contributed by atoms with Crippen LogP contribution < -0.4 is 0 Å². The van der Waals surface area contributed by atoms with Gasteiger partial charge in [-0.25, -0.2) is 0 Å². The molecule has 0 amide bonds. The summed E-state index contributed by atoms with van der Waals surface area (Å²) in [5.41, 5.74) is 1.75. The van der Waals surface area contributed by atoms with Crippen LogP contribution in [0.4, 0.5) is 0 Å². The van der Waals surface area contributed by atoms with Gasteiger partial charge in [0, 0.05) is 5.56 Å². The molecule has 2 rings (SSSR count). The first-order valence-corrected chi connectivity index (χ1v) is 3.69.